The van der Waals surface area contributed by atoms with Gasteiger partial charge in [0.2, 0.25) is 0 Å². The number of aromatic nitrogens is 4. The number of aliphatic hydroxyl groups is 1. The van der Waals surface area contributed by atoms with E-state index in [1.807, 2.05) is 24.3 Å². The van der Waals surface area contributed by atoms with Crippen LogP contribution >= 0.6 is 0 Å². The minimum Gasteiger partial charge on any atom is -0.491 e. The minimum atomic E-state index is -0.899. The van der Waals surface area contributed by atoms with E-state index in [1.54, 1.807) is 12.1 Å². The molecule has 4 rings (SSSR count). The Hall–Kier alpha value is -3.52. The molecule has 0 spiro atoms. The van der Waals surface area contributed by atoms with Gasteiger partial charge in [0.25, 0.3) is 5.56 Å². The third kappa shape index (κ3) is 4.34. The number of nitrogens with zero attached hydrogens (tertiary/aromatic N) is 4. The predicted molar refractivity (Wildman–Crippen MR) is 115 cm³/mol. The summed E-state index contributed by atoms with van der Waals surface area (Å²) >= 11 is 0. The number of hydrogen-bond acceptors (Lipinski definition) is 5. The van der Waals surface area contributed by atoms with Crippen LogP contribution in [-0.4, -0.2) is 37.1 Å². The van der Waals surface area contributed by atoms with E-state index in [0.717, 1.165) is 11.3 Å². The van der Waals surface area contributed by atoms with Crippen molar-refractivity contribution < 1.29 is 14.2 Å². The van der Waals surface area contributed by atoms with Gasteiger partial charge in [-0.2, -0.15) is 5.10 Å². The Kier molecular flexibility index (Phi) is 5.81. The summed E-state index contributed by atoms with van der Waals surface area (Å²) in [4.78, 5) is 17.2. The lowest BCUT2D eigenvalue weighted by Crippen LogP contribution is -2.30. The first kappa shape index (κ1) is 20.7. The van der Waals surface area contributed by atoms with Crippen molar-refractivity contribution in [2.45, 2.75) is 32.4 Å². The average Bonchev–Trinajstić information content (AvgIpc) is 3.20. The Morgan fingerprint density at radius 2 is 1.87 bits per heavy atom. The monoisotopic (exact) mass is 422 g/mol. The van der Waals surface area contributed by atoms with Crippen LogP contribution in [0.15, 0.2) is 65.8 Å². The molecule has 0 fully saturated rings. The third-order valence-electron chi connectivity index (χ3n) is 5.01. The Balaban J connectivity index is 1.51. The maximum Gasteiger partial charge on any atom is 0.264 e. The molecule has 0 saturated carbocycles. The van der Waals surface area contributed by atoms with Crippen molar-refractivity contribution in [2.24, 2.45) is 0 Å². The molecule has 0 aliphatic heterocycles. The van der Waals surface area contributed by atoms with Gasteiger partial charge >= 0.3 is 0 Å². The fraction of sp³-hybridized carbons (Fsp3) is 0.261. The molecule has 0 aliphatic carbocycles. The zero-order valence-corrected chi connectivity index (χ0v) is 17.3. The lowest BCUT2D eigenvalue weighted by Gasteiger charge is -2.17. The number of para-hydroxylation sites is 1. The summed E-state index contributed by atoms with van der Waals surface area (Å²) in [5, 5.41) is 15.0. The predicted octanol–water partition coefficient (Wildman–Crippen LogP) is 3.28. The topological polar surface area (TPSA) is 82.2 Å². The average molecular weight is 422 g/mol. The number of fused-ring (bicyclic) bond motifs is 1. The van der Waals surface area contributed by atoms with Gasteiger partial charge in [-0.05, 0) is 41.8 Å². The first-order valence-corrected chi connectivity index (χ1v) is 10.0. The largest absolute Gasteiger partial charge is 0.491 e. The quantitative estimate of drug-likeness (QED) is 0.494. The van der Waals surface area contributed by atoms with E-state index in [1.165, 1.54) is 33.9 Å². The van der Waals surface area contributed by atoms with Crippen molar-refractivity contribution in [2.75, 3.05) is 6.61 Å². The minimum absolute atomic E-state index is 0.0351. The van der Waals surface area contributed by atoms with Crippen LogP contribution in [0.4, 0.5) is 4.39 Å². The third-order valence-corrected chi connectivity index (χ3v) is 5.01. The van der Waals surface area contributed by atoms with Gasteiger partial charge < -0.3 is 9.84 Å². The van der Waals surface area contributed by atoms with E-state index in [-0.39, 0.29) is 24.5 Å². The molecule has 1 N–H and O–H groups in total. The number of halogens is 1. The molecule has 0 saturated heterocycles. The highest BCUT2D eigenvalue weighted by Gasteiger charge is 2.15. The molecule has 0 amide bonds. The van der Waals surface area contributed by atoms with Gasteiger partial charge in [0.15, 0.2) is 5.65 Å². The van der Waals surface area contributed by atoms with Crippen LogP contribution in [0.1, 0.15) is 25.3 Å². The number of rotatable bonds is 7. The fourth-order valence-corrected chi connectivity index (χ4v) is 3.40. The molecular formula is C23H23FN4O3. The van der Waals surface area contributed by atoms with E-state index < -0.39 is 6.10 Å². The molecule has 160 valence electrons. The van der Waals surface area contributed by atoms with E-state index in [2.05, 4.69) is 23.9 Å². The summed E-state index contributed by atoms with van der Waals surface area (Å²) < 4.78 is 21.8. The Morgan fingerprint density at radius 1 is 1.13 bits per heavy atom. The van der Waals surface area contributed by atoms with Gasteiger partial charge in [0.05, 0.1) is 18.4 Å². The van der Waals surface area contributed by atoms with Gasteiger partial charge in [-0.25, -0.2) is 14.1 Å². The smallest absolute Gasteiger partial charge is 0.264 e. The van der Waals surface area contributed by atoms with Crippen LogP contribution in [0.5, 0.6) is 5.75 Å². The van der Waals surface area contributed by atoms with E-state index in [9.17, 15) is 14.3 Å². The fourth-order valence-electron chi connectivity index (χ4n) is 3.40. The lowest BCUT2D eigenvalue weighted by molar-refractivity contribution is 0.0909. The Bertz CT molecular complexity index is 1250. The zero-order chi connectivity index (χ0) is 22.0. The van der Waals surface area contributed by atoms with Gasteiger partial charge in [-0.1, -0.05) is 32.0 Å². The molecule has 0 bridgehead atoms. The molecular weight excluding hydrogens is 399 g/mol. The second-order valence-electron chi connectivity index (χ2n) is 7.63. The van der Waals surface area contributed by atoms with Gasteiger partial charge in [0, 0.05) is 0 Å². The molecule has 2 aromatic carbocycles. The van der Waals surface area contributed by atoms with Crippen molar-refractivity contribution in [1.29, 1.82) is 0 Å². The summed E-state index contributed by atoms with van der Waals surface area (Å²) in [5.74, 6) is 0.654. The molecule has 2 heterocycles. The van der Waals surface area contributed by atoms with Crippen LogP contribution < -0.4 is 10.3 Å². The number of hydrogen-bond donors (Lipinski definition) is 1. The van der Waals surface area contributed by atoms with Gasteiger partial charge in [0.1, 0.15) is 36.0 Å². The highest BCUT2D eigenvalue weighted by atomic mass is 19.1. The summed E-state index contributed by atoms with van der Waals surface area (Å²) in [6.45, 7) is 4.23. The lowest BCUT2D eigenvalue weighted by atomic mass is 10.0. The van der Waals surface area contributed by atoms with Crippen LogP contribution in [-0.2, 0) is 6.54 Å². The summed E-state index contributed by atoms with van der Waals surface area (Å²) in [6.07, 6.45) is 1.90. The second-order valence-corrected chi connectivity index (χ2v) is 7.63. The van der Waals surface area contributed by atoms with E-state index >= 15 is 0 Å². The second kappa shape index (κ2) is 8.69. The SMILES string of the molecule is CC(C)c1ccccc1OCC(O)Cn1cnc2c(cnn2-c2ccc(F)cc2)c1=O. The number of aliphatic hydroxyl groups excluding tert-OH is 1. The highest BCUT2D eigenvalue weighted by molar-refractivity contribution is 5.74. The summed E-state index contributed by atoms with van der Waals surface area (Å²) in [5.41, 5.74) is 1.70. The van der Waals surface area contributed by atoms with Crippen molar-refractivity contribution in [1.82, 2.24) is 19.3 Å². The molecule has 0 radical (unpaired) electrons. The number of ether oxygens (including phenoxy) is 1. The van der Waals surface area contributed by atoms with Crippen LogP contribution in [0.2, 0.25) is 0 Å². The van der Waals surface area contributed by atoms with E-state index in [4.69, 9.17) is 4.74 Å². The molecule has 1 unspecified atom stereocenters. The molecule has 4 aromatic rings. The zero-order valence-electron chi connectivity index (χ0n) is 17.3. The Morgan fingerprint density at radius 3 is 2.61 bits per heavy atom. The van der Waals surface area contributed by atoms with Gasteiger partial charge in [-0.3, -0.25) is 9.36 Å². The first-order valence-electron chi connectivity index (χ1n) is 10.0. The maximum absolute atomic E-state index is 13.2. The van der Waals surface area contributed by atoms with Crippen LogP contribution in [0, 0.1) is 5.82 Å². The summed E-state index contributed by atoms with van der Waals surface area (Å²) in [7, 11) is 0. The molecule has 8 heteroatoms. The summed E-state index contributed by atoms with van der Waals surface area (Å²) in [6, 6.07) is 13.4. The molecule has 0 aliphatic rings. The standard InChI is InChI=1S/C23H23FN4O3/c1-15(2)19-5-3-4-6-21(19)31-13-18(29)12-27-14-25-22-20(23(27)30)11-26-28(22)17-9-7-16(24)8-10-17/h3-11,14-15,18,29H,12-13H2,1-2H3. The van der Waals surface area contributed by atoms with Crippen LogP contribution in [0.25, 0.3) is 16.7 Å². The molecule has 31 heavy (non-hydrogen) atoms. The van der Waals surface area contributed by atoms with E-state index in [0.29, 0.717) is 22.6 Å². The van der Waals surface area contributed by atoms with Crippen molar-refractivity contribution in [3.05, 3.63) is 82.8 Å². The number of benzene rings is 2. The van der Waals surface area contributed by atoms with Crippen molar-refractivity contribution in [3.63, 3.8) is 0 Å². The molecule has 1 atom stereocenters. The molecule has 7 nitrogen and oxygen atoms in total. The molecule has 2 aromatic heterocycles. The Labute approximate surface area is 178 Å². The maximum atomic E-state index is 13.2. The van der Waals surface area contributed by atoms with Crippen molar-refractivity contribution >= 4 is 11.0 Å². The van der Waals surface area contributed by atoms with Crippen molar-refractivity contribution in [3.8, 4) is 11.4 Å². The van der Waals surface area contributed by atoms with Gasteiger partial charge in [-0.15, -0.1) is 0 Å². The highest BCUT2D eigenvalue weighted by Crippen LogP contribution is 2.26. The normalized spacial score (nSPS) is 12.4. The van der Waals surface area contributed by atoms with Crippen LogP contribution in [0.3, 0.4) is 0 Å². The first-order chi connectivity index (χ1) is 14.9.